The number of carboxylic acids is 1. The highest BCUT2D eigenvalue weighted by Gasteiger charge is 2.20. The lowest BCUT2D eigenvalue weighted by Crippen LogP contribution is -2.29. The van der Waals surface area contributed by atoms with E-state index in [0.29, 0.717) is 12.4 Å². The largest absolute Gasteiger partial charge is 0.493 e. The van der Waals surface area contributed by atoms with Gasteiger partial charge in [0.15, 0.2) is 6.10 Å². The quantitative estimate of drug-likeness (QED) is 0.614. The van der Waals surface area contributed by atoms with Crippen LogP contribution in [0, 0.1) is 0 Å². The van der Waals surface area contributed by atoms with E-state index in [-0.39, 0.29) is 6.42 Å². The summed E-state index contributed by atoms with van der Waals surface area (Å²) in [5.74, 6) is 0.332. The first-order chi connectivity index (χ1) is 13.2. The van der Waals surface area contributed by atoms with Crippen LogP contribution in [0.25, 0.3) is 0 Å². The molecule has 0 aromatic heterocycles. The highest BCUT2D eigenvalue weighted by atomic mass is 16.5. The van der Waals surface area contributed by atoms with Crippen molar-refractivity contribution in [3.8, 4) is 11.5 Å². The molecule has 0 bridgehead atoms. The van der Waals surface area contributed by atoms with Crippen LogP contribution in [-0.4, -0.2) is 23.8 Å². The van der Waals surface area contributed by atoms with Crippen molar-refractivity contribution in [3.05, 3.63) is 96.1 Å². The molecule has 0 saturated heterocycles. The first-order valence-electron chi connectivity index (χ1n) is 8.91. The van der Waals surface area contributed by atoms with E-state index in [1.54, 1.807) is 12.1 Å². The van der Waals surface area contributed by atoms with Crippen LogP contribution >= 0.6 is 0 Å². The van der Waals surface area contributed by atoms with Crippen molar-refractivity contribution in [1.82, 2.24) is 0 Å². The van der Waals surface area contributed by atoms with Crippen molar-refractivity contribution in [3.63, 3.8) is 0 Å². The molecule has 1 atom stereocenters. The van der Waals surface area contributed by atoms with Crippen molar-refractivity contribution >= 4 is 5.97 Å². The summed E-state index contributed by atoms with van der Waals surface area (Å²) in [6.07, 6.45) is 0.195. The van der Waals surface area contributed by atoms with Gasteiger partial charge in [-0.15, -0.1) is 0 Å². The summed E-state index contributed by atoms with van der Waals surface area (Å²) in [6.45, 7) is 0.595. The number of hydrogen-bond donors (Lipinski definition) is 1. The van der Waals surface area contributed by atoms with Gasteiger partial charge < -0.3 is 14.6 Å². The fourth-order valence-corrected chi connectivity index (χ4v) is 2.71. The van der Waals surface area contributed by atoms with Crippen LogP contribution in [0.5, 0.6) is 11.5 Å². The van der Waals surface area contributed by atoms with Gasteiger partial charge in [-0.2, -0.15) is 0 Å². The molecule has 0 heterocycles. The smallest absolute Gasteiger partial charge is 0.345 e. The van der Waals surface area contributed by atoms with E-state index in [2.05, 4.69) is 12.1 Å². The second-order valence-electron chi connectivity index (χ2n) is 6.19. The maximum absolute atomic E-state index is 11.5. The molecule has 0 saturated carbocycles. The van der Waals surface area contributed by atoms with Crippen LogP contribution < -0.4 is 9.47 Å². The molecule has 27 heavy (non-hydrogen) atoms. The highest BCUT2D eigenvalue weighted by molar-refractivity contribution is 5.73. The van der Waals surface area contributed by atoms with Gasteiger partial charge in [0.2, 0.25) is 0 Å². The number of carbonyl (C=O) groups is 1. The van der Waals surface area contributed by atoms with E-state index < -0.39 is 12.1 Å². The van der Waals surface area contributed by atoms with E-state index in [0.717, 1.165) is 17.7 Å². The first-order valence-corrected chi connectivity index (χ1v) is 8.91. The topological polar surface area (TPSA) is 55.8 Å². The fourth-order valence-electron chi connectivity index (χ4n) is 2.71. The number of para-hydroxylation sites is 1. The molecular formula is C23H22O4. The summed E-state index contributed by atoms with van der Waals surface area (Å²) in [4.78, 5) is 11.5. The van der Waals surface area contributed by atoms with E-state index in [1.807, 2.05) is 60.7 Å². The number of benzene rings is 3. The number of rotatable bonds is 9. The highest BCUT2D eigenvalue weighted by Crippen LogP contribution is 2.17. The average Bonchev–Trinajstić information content (AvgIpc) is 2.70. The lowest BCUT2D eigenvalue weighted by molar-refractivity contribution is -0.145. The Kier molecular flexibility index (Phi) is 6.47. The number of carboxylic acid groups (broad SMARTS) is 1. The third kappa shape index (κ3) is 5.89. The summed E-state index contributed by atoms with van der Waals surface area (Å²) >= 11 is 0. The molecule has 3 aromatic rings. The molecule has 3 aromatic carbocycles. The van der Waals surface area contributed by atoms with Gasteiger partial charge in [-0.25, -0.2) is 4.79 Å². The predicted molar refractivity (Wildman–Crippen MR) is 104 cm³/mol. The summed E-state index contributed by atoms with van der Waals surface area (Å²) < 4.78 is 11.4. The van der Waals surface area contributed by atoms with E-state index in [4.69, 9.17) is 9.47 Å². The second kappa shape index (κ2) is 9.43. The average molecular weight is 362 g/mol. The van der Waals surface area contributed by atoms with Gasteiger partial charge in [0.1, 0.15) is 11.5 Å². The lowest BCUT2D eigenvalue weighted by Gasteiger charge is -2.15. The molecule has 0 radical (unpaired) electrons. The SMILES string of the molecule is O=C(O)[C@H](Cc1ccc(OCCc2ccccc2)cc1)Oc1ccccc1. The van der Waals surface area contributed by atoms with Crippen molar-refractivity contribution < 1.29 is 19.4 Å². The third-order valence-corrected chi connectivity index (χ3v) is 4.14. The lowest BCUT2D eigenvalue weighted by atomic mass is 10.1. The Morgan fingerprint density at radius 1 is 0.778 bits per heavy atom. The molecule has 0 spiro atoms. The van der Waals surface area contributed by atoms with Crippen LogP contribution in [0.3, 0.4) is 0 Å². The third-order valence-electron chi connectivity index (χ3n) is 4.14. The van der Waals surface area contributed by atoms with Gasteiger partial charge in [-0.1, -0.05) is 60.7 Å². The molecule has 1 N–H and O–H groups in total. The van der Waals surface area contributed by atoms with Gasteiger partial charge in [0.05, 0.1) is 6.61 Å². The maximum Gasteiger partial charge on any atom is 0.345 e. The Balaban J connectivity index is 1.53. The van der Waals surface area contributed by atoms with E-state index in [1.165, 1.54) is 5.56 Å². The Labute approximate surface area is 159 Å². The van der Waals surface area contributed by atoms with E-state index in [9.17, 15) is 9.90 Å². The standard InChI is InChI=1S/C23H22O4/c24-23(25)22(27-21-9-5-2-6-10-21)17-19-11-13-20(14-12-19)26-16-15-18-7-3-1-4-8-18/h1-14,22H,15-17H2,(H,24,25)/t22-/m0/s1. The second-order valence-corrected chi connectivity index (χ2v) is 6.19. The number of hydrogen-bond acceptors (Lipinski definition) is 3. The first kappa shape index (κ1) is 18.5. The van der Waals surface area contributed by atoms with Crippen LogP contribution in [0.15, 0.2) is 84.9 Å². The predicted octanol–water partition coefficient (Wildman–Crippen LogP) is 4.38. The molecule has 0 aliphatic carbocycles. The van der Waals surface area contributed by atoms with Gasteiger partial charge in [0.25, 0.3) is 0 Å². The zero-order valence-corrected chi connectivity index (χ0v) is 15.0. The molecule has 4 heteroatoms. The monoisotopic (exact) mass is 362 g/mol. The number of aliphatic carboxylic acids is 1. The van der Waals surface area contributed by atoms with Crippen LogP contribution in [0.1, 0.15) is 11.1 Å². The Morgan fingerprint density at radius 2 is 1.41 bits per heavy atom. The summed E-state index contributed by atoms with van der Waals surface area (Å²) in [7, 11) is 0. The van der Waals surface area contributed by atoms with Crippen LogP contribution in [-0.2, 0) is 17.6 Å². The zero-order valence-electron chi connectivity index (χ0n) is 15.0. The van der Waals surface area contributed by atoms with Crippen molar-refractivity contribution in [2.24, 2.45) is 0 Å². The Bertz CT molecular complexity index is 829. The summed E-state index contributed by atoms with van der Waals surface area (Å²) in [5.41, 5.74) is 2.12. The fraction of sp³-hybridized carbons (Fsp3) is 0.174. The molecule has 0 aliphatic rings. The minimum absolute atomic E-state index is 0.286. The minimum Gasteiger partial charge on any atom is -0.493 e. The van der Waals surface area contributed by atoms with Crippen molar-refractivity contribution in [2.45, 2.75) is 18.9 Å². The molecule has 138 valence electrons. The minimum atomic E-state index is -0.984. The maximum atomic E-state index is 11.5. The van der Waals surface area contributed by atoms with Crippen LogP contribution in [0.4, 0.5) is 0 Å². The molecule has 0 amide bonds. The van der Waals surface area contributed by atoms with Crippen molar-refractivity contribution in [1.29, 1.82) is 0 Å². The zero-order chi connectivity index (χ0) is 18.9. The van der Waals surface area contributed by atoms with Crippen molar-refractivity contribution in [2.75, 3.05) is 6.61 Å². The van der Waals surface area contributed by atoms with Gasteiger partial charge in [0, 0.05) is 12.8 Å². The Morgan fingerprint density at radius 3 is 2.04 bits per heavy atom. The summed E-state index contributed by atoms with van der Waals surface area (Å²) in [6, 6.07) is 26.6. The molecule has 4 nitrogen and oxygen atoms in total. The molecular weight excluding hydrogens is 340 g/mol. The van der Waals surface area contributed by atoms with E-state index >= 15 is 0 Å². The normalized spacial score (nSPS) is 11.6. The number of ether oxygens (including phenoxy) is 2. The Hall–Kier alpha value is -3.27. The van der Waals surface area contributed by atoms with Crippen LogP contribution in [0.2, 0.25) is 0 Å². The molecule has 0 unspecified atom stereocenters. The summed E-state index contributed by atoms with van der Waals surface area (Å²) in [5, 5.41) is 9.43. The molecule has 0 fully saturated rings. The van der Waals surface area contributed by atoms with Gasteiger partial charge >= 0.3 is 5.97 Å². The van der Waals surface area contributed by atoms with Gasteiger partial charge in [-0.3, -0.25) is 0 Å². The molecule has 3 rings (SSSR count). The molecule has 0 aliphatic heterocycles. The van der Waals surface area contributed by atoms with Gasteiger partial charge in [-0.05, 0) is 35.4 Å².